The van der Waals surface area contributed by atoms with Crippen molar-refractivity contribution in [3.05, 3.63) is 0 Å². The molecule has 0 fully saturated rings. The van der Waals surface area contributed by atoms with Gasteiger partial charge in [0.2, 0.25) is 5.16 Å². The summed E-state index contributed by atoms with van der Waals surface area (Å²) in [5, 5.41) is 28.7. The molecule has 7 heteroatoms. The first-order chi connectivity index (χ1) is 5.74. The van der Waals surface area contributed by atoms with E-state index in [1.54, 1.807) is 0 Å². The minimum absolute atomic E-state index is 0.235. The van der Waals surface area contributed by atoms with E-state index in [4.69, 9.17) is 10.2 Å². The van der Waals surface area contributed by atoms with Crippen molar-refractivity contribution in [2.45, 2.75) is 24.4 Å². The molecular formula is C5H10N4O2S. The predicted octanol–water partition coefficient (Wildman–Crippen LogP) is -0.904. The average molecular weight is 190 g/mol. The zero-order chi connectivity index (χ0) is 8.97. The van der Waals surface area contributed by atoms with Crippen LogP contribution in [-0.4, -0.2) is 43.0 Å². The zero-order valence-corrected chi connectivity index (χ0v) is 7.40. The third-order valence-electron chi connectivity index (χ3n) is 1.28. The van der Waals surface area contributed by atoms with Gasteiger partial charge < -0.3 is 10.2 Å². The molecule has 0 aliphatic carbocycles. The van der Waals surface area contributed by atoms with E-state index >= 15 is 0 Å². The van der Waals surface area contributed by atoms with Crippen molar-refractivity contribution < 1.29 is 10.2 Å². The van der Waals surface area contributed by atoms with Gasteiger partial charge in [-0.1, -0.05) is 11.8 Å². The van der Waals surface area contributed by atoms with Gasteiger partial charge in [-0.15, -0.1) is 5.10 Å². The number of nitrogens with zero attached hydrogens (tertiary/aromatic N) is 4. The number of rotatable bonds is 4. The number of aromatic nitrogens is 4. The molecule has 0 amide bonds. The molecule has 0 aliphatic rings. The van der Waals surface area contributed by atoms with Gasteiger partial charge in [-0.3, -0.25) is 0 Å². The quantitative estimate of drug-likeness (QED) is 0.472. The van der Waals surface area contributed by atoms with E-state index in [0.717, 1.165) is 0 Å². The molecule has 0 aromatic carbocycles. The normalized spacial score (nSPS) is 11.0. The monoisotopic (exact) mass is 190 g/mol. The Kier molecular flexibility index (Phi) is 3.45. The fourth-order valence-electron chi connectivity index (χ4n) is 0.721. The maximum atomic E-state index is 8.58. The minimum Gasteiger partial charge on any atom is -0.368 e. The second-order valence-corrected chi connectivity index (χ2v) is 2.93. The van der Waals surface area contributed by atoms with Gasteiger partial charge in [0.15, 0.2) is 6.29 Å². The predicted molar refractivity (Wildman–Crippen MR) is 42.4 cm³/mol. The first-order valence-electron chi connectivity index (χ1n) is 3.40. The second kappa shape index (κ2) is 4.39. The van der Waals surface area contributed by atoms with Gasteiger partial charge in [0.05, 0.1) is 6.54 Å². The van der Waals surface area contributed by atoms with Crippen molar-refractivity contribution in [2.75, 3.05) is 6.26 Å². The van der Waals surface area contributed by atoms with Gasteiger partial charge in [0.25, 0.3) is 0 Å². The second-order valence-electron chi connectivity index (χ2n) is 2.16. The average Bonchev–Trinajstić information content (AvgIpc) is 2.47. The van der Waals surface area contributed by atoms with E-state index in [1.165, 1.54) is 16.4 Å². The van der Waals surface area contributed by atoms with Crippen LogP contribution in [0.4, 0.5) is 0 Å². The molecule has 2 N–H and O–H groups in total. The van der Waals surface area contributed by atoms with Crippen molar-refractivity contribution in [1.82, 2.24) is 20.2 Å². The summed E-state index contributed by atoms with van der Waals surface area (Å²) < 4.78 is 1.53. The highest BCUT2D eigenvalue weighted by molar-refractivity contribution is 7.98. The lowest BCUT2D eigenvalue weighted by Gasteiger charge is -2.03. The van der Waals surface area contributed by atoms with E-state index in [2.05, 4.69) is 15.5 Å². The number of aryl methyl sites for hydroxylation is 1. The lowest BCUT2D eigenvalue weighted by molar-refractivity contribution is -0.0487. The Balaban J connectivity index is 2.50. The largest absolute Gasteiger partial charge is 0.368 e. The molecule has 12 heavy (non-hydrogen) atoms. The lowest BCUT2D eigenvalue weighted by Crippen LogP contribution is -2.11. The topological polar surface area (TPSA) is 84.1 Å². The molecule has 68 valence electrons. The van der Waals surface area contributed by atoms with Gasteiger partial charge in [-0.25, -0.2) is 4.68 Å². The summed E-state index contributed by atoms with van der Waals surface area (Å²) in [5.74, 6) is 0. The highest BCUT2D eigenvalue weighted by Gasteiger charge is 2.05. The molecule has 0 unspecified atom stereocenters. The molecule has 0 saturated heterocycles. The summed E-state index contributed by atoms with van der Waals surface area (Å²) in [4.78, 5) is 0. The Morgan fingerprint density at radius 2 is 2.33 bits per heavy atom. The van der Waals surface area contributed by atoms with Crippen molar-refractivity contribution in [3.8, 4) is 0 Å². The number of tetrazole rings is 1. The summed E-state index contributed by atoms with van der Waals surface area (Å²) in [6, 6.07) is 0. The Bertz CT molecular complexity index is 239. The van der Waals surface area contributed by atoms with Crippen LogP contribution in [0.5, 0.6) is 0 Å². The standard InChI is InChI=1S/C5H10N4O2S/c1-12-5-6-7-8-9(5)3-2-4(10)11/h4,10-11H,2-3H2,1H3. The molecular weight excluding hydrogens is 180 g/mol. The molecule has 0 bridgehead atoms. The molecule has 0 atom stereocenters. The first-order valence-corrected chi connectivity index (χ1v) is 4.63. The Labute approximate surface area is 73.6 Å². The Hall–Kier alpha value is -0.660. The summed E-state index contributed by atoms with van der Waals surface area (Å²) in [7, 11) is 0. The maximum absolute atomic E-state index is 8.58. The van der Waals surface area contributed by atoms with Crippen LogP contribution in [0.2, 0.25) is 0 Å². The van der Waals surface area contributed by atoms with Crippen molar-refractivity contribution in [1.29, 1.82) is 0 Å². The van der Waals surface area contributed by atoms with Crippen LogP contribution >= 0.6 is 11.8 Å². The fraction of sp³-hybridized carbons (Fsp3) is 0.800. The number of hydrogen-bond acceptors (Lipinski definition) is 6. The van der Waals surface area contributed by atoms with Crippen LogP contribution in [0.3, 0.4) is 0 Å². The maximum Gasteiger partial charge on any atom is 0.209 e. The minimum atomic E-state index is -1.30. The highest BCUT2D eigenvalue weighted by atomic mass is 32.2. The van der Waals surface area contributed by atoms with Gasteiger partial charge in [-0.05, 0) is 16.7 Å². The first kappa shape index (κ1) is 9.43. The Morgan fingerprint density at radius 1 is 1.58 bits per heavy atom. The van der Waals surface area contributed by atoms with Gasteiger partial charge in [0.1, 0.15) is 0 Å². The van der Waals surface area contributed by atoms with Crippen molar-refractivity contribution in [2.24, 2.45) is 0 Å². The molecule has 1 aromatic rings. The van der Waals surface area contributed by atoms with Gasteiger partial charge in [-0.2, -0.15) is 0 Å². The summed E-state index contributed by atoms with van der Waals surface area (Å²) in [6.45, 7) is 0.418. The third-order valence-corrected chi connectivity index (χ3v) is 1.94. The SMILES string of the molecule is CSc1nnnn1CCC(O)O. The van der Waals surface area contributed by atoms with Crippen LogP contribution in [0.1, 0.15) is 6.42 Å². The summed E-state index contributed by atoms with van der Waals surface area (Å²) >= 11 is 1.42. The molecule has 0 aliphatic heterocycles. The number of thioether (sulfide) groups is 1. The summed E-state index contributed by atoms with van der Waals surface area (Å²) in [5.41, 5.74) is 0. The van der Waals surface area contributed by atoms with E-state index in [1.807, 2.05) is 6.26 Å². The highest BCUT2D eigenvalue weighted by Crippen LogP contribution is 2.08. The number of aliphatic hydroxyl groups is 2. The van der Waals surface area contributed by atoms with Crippen molar-refractivity contribution in [3.63, 3.8) is 0 Å². The van der Waals surface area contributed by atoms with Crippen LogP contribution in [0.25, 0.3) is 0 Å². The van der Waals surface area contributed by atoms with E-state index in [9.17, 15) is 0 Å². The van der Waals surface area contributed by atoms with Crippen LogP contribution in [0.15, 0.2) is 5.16 Å². The third kappa shape index (κ3) is 2.43. The lowest BCUT2D eigenvalue weighted by atomic mass is 10.4. The van der Waals surface area contributed by atoms with Crippen LogP contribution in [-0.2, 0) is 6.54 Å². The van der Waals surface area contributed by atoms with Gasteiger partial charge >= 0.3 is 0 Å². The fourth-order valence-corrected chi connectivity index (χ4v) is 1.18. The molecule has 1 aromatic heterocycles. The zero-order valence-electron chi connectivity index (χ0n) is 6.58. The molecule has 6 nitrogen and oxygen atoms in total. The molecule has 1 heterocycles. The van der Waals surface area contributed by atoms with E-state index in [0.29, 0.717) is 11.7 Å². The number of aliphatic hydroxyl groups excluding tert-OH is 1. The van der Waals surface area contributed by atoms with E-state index in [-0.39, 0.29) is 6.42 Å². The molecule has 0 saturated carbocycles. The molecule has 0 spiro atoms. The van der Waals surface area contributed by atoms with E-state index < -0.39 is 6.29 Å². The number of hydrogen-bond donors (Lipinski definition) is 2. The van der Waals surface area contributed by atoms with Crippen LogP contribution < -0.4 is 0 Å². The Morgan fingerprint density at radius 3 is 2.92 bits per heavy atom. The molecule has 0 radical (unpaired) electrons. The van der Waals surface area contributed by atoms with Crippen molar-refractivity contribution >= 4 is 11.8 Å². The van der Waals surface area contributed by atoms with Crippen LogP contribution in [0, 0.1) is 0 Å². The van der Waals surface area contributed by atoms with Gasteiger partial charge in [0, 0.05) is 6.42 Å². The smallest absolute Gasteiger partial charge is 0.209 e. The molecule has 1 rings (SSSR count). The summed E-state index contributed by atoms with van der Waals surface area (Å²) in [6.07, 6.45) is 0.791.